The maximum absolute atomic E-state index is 13.3. The molecule has 0 aliphatic rings. The fraction of sp³-hybridized carbons (Fsp3) is 0.222. The number of carbonyl (C=O) groups is 2. The minimum atomic E-state index is -1.22. The molecule has 2 aromatic carbocycles. The summed E-state index contributed by atoms with van der Waals surface area (Å²) in [7, 11) is 2.85. The second-order valence-corrected chi connectivity index (χ2v) is 5.53. The lowest BCUT2D eigenvalue weighted by Gasteiger charge is -2.14. The summed E-state index contributed by atoms with van der Waals surface area (Å²) in [4.78, 5) is 34.2. The molecule has 1 atom stereocenters. The first-order valence-electron chi connectivity index (χ1n) is 7.94. The first-order chi connectivity index (χ1) is 13.3. The van der Waals surface area contributed by atoms with E-state index in [1.807, 2.05) is 0 Å². The van der Waals surface area contributed by atoms with Gasteiger partial charge in [0.05, 0.1) is 24.7 Å². The highest BCUT2D eigenvalue weighted by molar-refractivity contribution is 5.97. The van der Waals surface area contributed by atoms with Crippen LogP contribution in [0.25, 0.3) is 0 Å². The summed E-state index contributed by atoms with van der Waals surface area (Å²) in [5.41, 5.74) is -0.658. The van der Waals surface area contributed by atoms with Gasteiger partial charge in [0, 0.05) is 11.8 Å². The Hall–Kier alpha value is -3.69. The quantitative estimate of drug-likeness (QED) is 0.437. The van der Waals surface area contributed by atoms with Crippen LogP contribution in [0.3, 0.4) is 0 Å². The summed E-state index contributed by atoms with van der Waals surface area (Å²) in [5, 5.41) is 13.1. The molecule has 28 heavy (non-hydrogen) atoms. The molecule has 0 radical (unpaired) electrons. The van der Waals surface area contributed by atoms with Gasteiger partial charge < -0.3 is 19.5 Å². The number of esters is 1. The van der Waals surface area contributed by atoms with Crippen LogP contribution in [0.5, 0.6) is 11.5 Å². The number of ether oxygens (including phenoxy) is 3. The minimum Gasteiger partial charge on any atom is -0.493 e. The largest absolute Gasteiger partial charge is 0.493 e. The molecule has 1 amide bonds. The van der Waals surface area contributed by atoms with Crippen LogP contribution in [0.15, 0.2) is 36.4 Å². The molecule has 0 heterocycles. The van der Waals surface area contributed by atoms with Crippen LogP contribution in [-0.4, -0.2) is 37.1 Å². The molecule has 0 aromatic heterocycles. The van der Waals surface area contributed by atoms with Crippen LogP contribution in [0.2, 0.25) is 0 Å². The molecule has 2 aromatic rings. The van der Waals surface area contributed by atoms with E-state index < -0.39 is 34.4 Å². The Kier molecular flexibility index (Phi) is 6.48. The molecule has 0 spiro atoms. The Labute approximate surface area is 159 Å². The van der Waals surface area contributed by atoms with Crippen LogP contribution >= 0.6 is 0 Å². The maximum Gasteiger partial charge on any atom is 0.339 e. The smallest absolute Gasteiger partial charge is 0.339 e. The van der Waals surface area contributed by atoms with E-state index in [9.17, 15) is 24.1 Å². The van der Waals surface area contributed by atoms with E-state index in [4.69, 9.17) is 14.2 Å². The monoisotopic (exact) mass is 392 g/mol. The van der Waals surface area contributed by atoms with Gasteiger partial charge in [-0.15, -0.1) is 0 Å². The van der Waals surface area contributed by atoms with Crippen molar-refractivity contribution in [2.24, 2.45) is 0 Å². The lowest BCUT2D eigenvalue weighted by atomic mass is 10.2. The van der Waals surface area contributed by atoms with E-state index in [1.165, 1.54) is 39.3 Å². The molecule has 0 bridgehead atoms. The molecular weight excluding hydrogens is 375 g/mol. The average molecular weight is 392 g/mol. The summed E-state index contributed by atoms with van der Waals surface area (Å²) in [6, 6.07) is 7.23. The first-order valence-corrected chi connectivity index (χ1v) is 7.94. The molecule has 10 heteroatoms. The van der Waals surface area contributed by atoms with E-state index in [-0.39, 0.29) is 11.3 Å². The highest BCUT2D eigenvalue weighted by Crippen LogP contribution is 2.28. The molecule has 0 saturated heterocycles. The van der Waals surface area contributed by atoms with Crippen molar-refractivity contribution in [2.75, 3.05) is 19.5 Å². The zero-order valence-electron chi connectivity index (χ0n) is 15.2. The van der Waals surface area contributed by atoms with Gasteiger partial charge in [0.2, 0.25) is 5.82 Å². The van der Waals surface area contributed by atoms with Crippen LogP contribution in [0.4, 0.5) is 15.8 Å². The molecule has 9 nitrogen and oxygen atoms in total. The second-order valence-electron chi connectivity index (χ2n) is 5.53. The standard InChI is InChI=1S/C18H17FN2O7/c1-10(17(22)20-12-5-6-13(19)14(9-12)21(24)25)28-18(23)11-4-7-15(26-2)16(8-11)27-3/h4-10H,1-3H3,(H,20,22)/t10-/m0/s1. The van der Waals surface area contributed by atoms with E-state index >= 15 is 0 Å². The second kappa shape index (κ2) is 8.80. The van der Waals surface area contributed by atoms with Gasteiger partial charge in [-0.25, -0.2) is 4.79 Å². The number of nitro benzene ring substituents is 1. The van der Waals surface area contributed by atoms with Gasteiger partial charge in [-0.05, 0) is 37.3 Å². The van der Waals surface area contributed by atoms with Crippen LogP contribution < -0.4 is 14.8 Å². The van der Waals surface area contributed by atoms with Crippen molar-refractivity contribution in [3.63, 3.8) is 0 Å². The van der Waals surface area contributed by atoms with Gasteiger partial charge in [0.25, 0.3) is 5.91 Å². The zero-order valence-corrected chi connectivity index (χ0v) is 15.2. The molecule has 0 fully saturated rings. The SMILES string of the molecule is COc1ccc(C(=O)O[C@@H](C)C(=O)Nc2ccc(F)c([N+](=O)[O-])c2)cc1OC. The summed E-state index contributed by atoms with van der Waals surface area (Å²) in [5.74, 6) is -1.82. The molecule has 148 valence electrons. The number of anilines is 1. The Morgan fingerprint density at radius 2 is 1.79 bits per heavy atom. The number of carbonyl (C=O) groups excluding carboxylic acids is 2. The zero-order chi connectivity index (χ0) is 20.8. The highest BCUT2D eigenvalue weighted by Gasteiger charge is 2.22. The molecule has 2 rings (SSSR count). The van der Waals surface area contributed by atoms with Gasteiger partial charge in [-0.1, -0.05) is 0 Å². The summed E-state index contributed by atoms with van der Waals surface area (Å²) >= 11 is 0. The van der Waals surface area contributed by atoms with Crippen LogP contribution in [-0.2, 0) is 9.53 Å². The fourth-order valence-electron chi connectivity index (χ4n) is 2.22. The number of nitrogens with zero attached hydrogens (tertiary/aromatic N) is 1. The predicted molar refractivity (Wildman–Crippen MR) is 96.1 cm³/mol. The third-order valence-corrected chi connectivity index (χ3v) is 3.68. The van der Waals surface area contributed by atoms with Gasteiger partial charge in [0.1, 0.15) is 0 Å². The van der Waals surface area contributed by atoms with Gasteiger partial charge in [0.15, 0.2) is 17.6 Å². The molecule has 0 unspecified atom stereocenters. The van der Waals surface area contributed by atoms with Gasteiger partial charge in [-0.3, -0.25) is 14.9 Å². The minimum absolute atomic E-state index is 0.00730. The number of nitrogens with one attached hydrogen (secondary N) is 1. The maximum atomic E-state index is 13.3. The number of amides is 1. The molecule has 1 N–H and O–H groups in total. The number of hydrogen-bond acceptors (Lipinski definition) is 7. The fourth-order valence-corrected chi connectivity index (χ4v) is 2.22. The predicted octanol–water partition coefficient (Wildman–Crippen LogP) is 2.94. The lowest BCUT2D eigenvalue weighted by molar-refractivity contribution is -0.387. The van der Waals surface area contributed by atoms with Crippen molar-refractivity contribution >= 4 is 23.3 Å². The van der Waals surface area contributed by atoms with Crippen molar-refractivity contribution in [3.05, 3.63) is 57.9 Å². The lowest BCUT2D eigenvalue weighted by Crippen LogP contribution is -2.30. The Balaban J connectivity index is 2.07. The van der Waals surface area contributed by atoms with E-state index in [0.717, 1.165) is 18.2 Å². The molecule has 0 aliphatic carbocycles. The number of nitro groups is 1. The van der Waals surface area contributed by atoms with E-state index in [1.54, 1.807) is 0 Å². The Morgan fingerprint density at radius 3 is 2.39 bits per heavy atom. The van der Waals surface area contributed by atoms with Crippen molar-refractivity contribution in [1.82, 2.24) is 0 Å². The van der Waals surface area contributed by atoms with Crippen molar-refractivity contribution in [3.8, 4) is 11.5 Å². The van der Waals surface area contributed by atoms with Crippen LogP contribution in [0, 0.1) is 15.9 Å². The number of methoxy groups -OCH3 is 2. The average Bonchev–Trinajstić information content (AvgIpc) is 2.68. The Morgan fingerprint density at radius 1 is 1.11 bits per heavy atom. The molecular formula is C18H17FN2O7. The van der Waals surface area contributed by atoms with Crippen molar-refractivity contribution < 1.29 is 33.1 Å². The number of rotatable bonds is 7. The van der Waals surface area contributed by atoms with E-state index in [2.05, 4.69) is 5.32 Å². The van der Waals surface area contributed by atoms with Gasteiger partial charge in [-0.2, -0.15) is 4.39 Å². The van der Waals surface area contributed by atoms with Gasteiger partial charge >= 0.3 is 11.7 Å². The topological polar surface area (TPSA) is 117 Å². The summed E-state index contributed by atoms with van der Waals surface area (Å²) < 4.78 is 28.6. The van der Waals surface area contributed by atoms with Crippen molar-refractivity contribution in [2.45, 2.75) is 13.0 Å². The third-order valence-electron chi connectivity index (χ3n) is 3.68. The normalized spacial score (nSPS) is 11.3. The van der Waals surface area contributed by atoms with Crippen LogP contribution in [0.1, 0.15) is 17.3 Å². The molecule has 0 aliphatic heterocycles. The third kappa shape index (κ3) is 4.72. The number of benzene rings is 2. The summed E-state index contributed by atoms with van der Waals surface area (Å²) in [6.07, 6.45) is -1.22. The Bertz CT molecular complexity index is 917. The first kappa shape index (κ1) is 20.6. The van der Waals surface area contributed by atoms with Crippen molar-refractivity contribution in [1.29, 1.82) is 0 Å². The number of halogens is 1. The van der Waals surface area contributed by atoms with E-state index in [0.29, 0.717) is 11.5 Å². The number of hydrogen-bond donors (Lipinski definition) is 1. The molecule has 0 saturated carbocycles. The summed E-state index contributed by atoms with van der Waals surface area (Å²) in [6.45, 7) is 1.33. The highest BCUT2D eigenvalue weighted by atomic mass is 19.1.